The maximum atomic E-state index is 2.33. The molecule has 0 bridgehead atoms. The molecule has 16 aromatic rings. The summed E-state index contributed by atoms with van der Waals surface area (Å²) in [6.45, 7) is 8.54. The molecule has 16 aromatic carbocycles. The van der Waals surface area contributed by atoms with Crippen molar-refractivity contribution in [2.75, 3.05) is 19.6 Å². The van der Waals surface area contributed by atoms with E-state index in [0.29, 0.717) is 0 Å². The lowest BCUT2D eigenvalue weighted by atomic mass is 9.99. The lowest BCUT2D eigenvalue weighted by Crippen LogP contribution is -2.11. The minimum Gasteiger partial charge on any atom is -0.310 e. The van der Waals surface area contributed by atoms with Crippen LogP contribution in [0.5, 0.6) is 0 Å². The largest absolute Gasteiger partial charge is 0.310 e. The third-order valence-corrected chi connectivity index (χ3v) is 18.1. The van der Waals surface area contributed by atoms with Gasteiger partial charge in [0.15, 0.2) is 0 Å². The van der Waals surface area contributed by atoms with Gasteiger partial charge in [-0.25, -0.2) is 0 Å². The molecule has 0 fully saturated rings. The summed E-state index contributed by atoms with van der Waals surface area (Å²) in [4.78, 5) is 9.30. The van der Waals surface area contributed by atoms with E-state index < -0.39 is 0 Å². The summed E-state index contributed by atoms with van der Waals surface area (Å²) in [5.41, 5.74) is 28.8. The number of aryl methyl sites for hydroxylation is 4. The van der Waals surface area contributed by atoms with Crippen LogP contribution in [0.3, 0.4) is 0 Å². The van der Waals surface area contributed by atoms with Gasteiger partial charge in [-0.05, 0) is 188 Å². The van der Waals surface area contributed by atoms with Crippen LogP contribution in [-0.4, -0.2) is 0 Å². The molecule has 4 nitrogen and oxygen atoms in total. The molecule has 104 heavy (non-hydrogen) atoms. The molecular formula is C100H84N4. The van der Waals surface area contributed by atoms with Crippen molar-refractivity contribution in [2.45, 2.75) is 27.7 Å². The summed E-state index contributed by atoms with van der Waals surface area (Å²) in [6.07, 6.45) is 0. The summed E-state index contributed by atoms with van der Waals surface area (Å²) >= 11 is 0. The molecule has 16 rings (SSSR count). The van der Waals surface area contributed by atoms with Gasteiger partial charge in [-0.2, -0.15) is 0 Å². The molecule has 0 atom stereocenters. The van der Waals surface area contributed by atoms with Crippen LogP contribution in [0.4, 0.5) is 68.2 Å². The highest BCUT2D eigenvalue weighted by molar-refractivity contribution is 5.92. The van der Waals surface area contributed by atoms with Crippen molar-refractivity contribution in [3.63, 3.8) is 0 Å². The van der Waals surface area contributed by atoms with Crippen molar-refractivity contribution in [2.24, 2.45) is 0 Å². The molecule has 4 heteroatoms. The third kappa shape index (κ3) is 17.3. The normalized spacial score (nSPS) is 10.5. The Bertz CT molecular complexity index is 5080. The number of rotatable bonds is 16. The molecule has 0 aliphatic carbocycles. The predicted molar refractivity (Wildman–Crippen MR) is 445 cm³/mol. The quantitative estimate of drug-likeness (QED) is 0.0956. The lowest BCUT2D eigenvalue weighted by Gasteiger charge is -2.28. The zero-order valence-electron chi connectivity index (χ0n) is 59.4. The Balaban J connectivity index is 0.000000123. The van der Waals surface area contributed by atoms with Gasteiger partial charge in [0, 0.05) is 67.8 Å². The average molecular weight is 1340 g/mol. The van der Waals surface area contributed by atoms with Gasteiger partial charge in [0.1, 0.15) is 0 Å². The molecule has 0 unspecified atom stereocenters. The van der Waals surface area contributed by atoms with E-state index in [0.717, 1.165) is 39.8 Å². The SMILES string of the molecule is Cc1ccc(-c2ccccc2)c(N(c2ccccc2)c2ccccc2)c1.Cc1ccc(N(c2ccccc2)c2ccccc2)c(-c2ccccc2)c1.Cc1ccc(N(c2ccccc2)c2ccccc2-c2ccccc2)cc1.Cc1cccc(N(c2ccccc2)c2ccccc2-c2ccccc2)c1. The fraction of sp³-hybridized carbons (Fsp3) is 0.0400. The van der Waals surface area contributed by atoms with E-state index in [4.69, 9.17) is 0 Å². The molecule has 0 aromatic heterocycles. The van der Waals surface area contributed by atoms with Crippen molar-refractivity contribution in [3.8, 4) is 44.5 Å². The zero-order valence-corrected chi connectivity index (χ0v) is 59.4. The van der Waals surface area contributed by atoms with Crippen LogP contribution in [0.15, 0.2) is 437 Å². The van der Waals surface area contributed by atoms with E-state index in [1.165, 1.54) is 95.2 Å². The van der Waals surface area contributed by atoms with Crippen LogP contribution in [0.25, 0.3) is 44.5 Å². The Morgan fingerprint density at radius 1 is 0.135 bits per heavy atom. The third-order valence-electron chi connectivity index (χ3n) is 18.1. The standard InChI is InChI=1S/4C25H21N/c1-20-17-18-25(24(19-20)21-11-5-2-6-12-21)26(22-13-7-3-8-14-22)23-15-9-4-10-16-23;1-20-17-18-24(21-11-5-2-6-12-21)25(19-20)26(22-13-7-3-8-14-22)23-15-9-4-10-16-23;1-20-11-10-16-23(19-20)26(22-14-6-3-7-15-22)25-18-9-8-17-24(25)21-12-4-2-5-13-21;1-20-16-18-23(19-17-20)26(22-12-6-3-7-13-22)25-15-9-8-14-24(25)21-10-4-2-5-11-21/h4*2-19H,1H3. The second-order valence-electron chi connectivity index (χ2n) is 25.6. The van der Waals surface area contributed by atoms with E-state index in [-0.39, 0.29) is 0 Å². The van der Waals surface area contributed by atoms with Crippen LogP contribution in [0.2, 0.25) is 0 Å². The Morgan fingerprint density at radius 2 is 0.375 bits per heavy atom. The van der Waals surface area contributed by atoms with Crippen LogP contribution in [0, 0.1) is 27.7 Å². The second kappa shape index (κ2) is 34.7. The van der Waals surface area contributed by atoms with Gasteiger partial charge in [-0.1, -0.05) is 321 Å². The molecule has 0 saturated heterocycles. The van der Waals surface area contributed by atoms with E-state index in [1.54, 1.807) is 0 Å². The fourth-order valence-corrected chi connectivity index (χ4v) is 13.1. The number of para-hydroxylation sites is 8. The molecule has 0 aliphatic rings. The molecule has 504 valence electrons. The van der Waals surface area contributed by atoms with Gasteiger partial charge in [0.05, 0.1) is 22.7 Å². The molecule has 0 saturated carbocycles. The number of anilines is 12. The van der Waals surface area contributed by atoms with E-state index in [2.05, 4.69) is 484 Å². The van der Waals surface area contributed by atoms with E-state index in [1.807, 2.05) is 0 Å². The smallest absolute Gasteiger partial charge is 0.0542 e. The van der Waals surface area contributed by atoms with Gasteiger partial charge in [-0.3, -0.25) is 0 Å². The van der Waals surface area contributed by atoms with E-state index in [9.17, 15) is 0 Å². The first-order valence-corrected chi connectivity index (χ1v) is 35.6. The Labute approximate surface area is 615 Å². The van der Waals surface area contributed by atoms with Crippen LogP contribution >= 0.6 is 0 Å². The number of benzene rings is 16. The molecule has 0 spiro atoms. The highest BCUT2D eigenvalue weighted by Crippen LogP contribution is 2.46. The van der Waals surface area contributed by atoms with Gasteiger partial charge in [0.2, 0.25) is 0 Å². The Hall–Kier alpha value is -13.3. The van der Waals surface area contributed by atoms with Crippen molar-refractivity contribution in [1.29, 1.82) is 0 Å². The van der Waals surface area contributed by atoms with Crippen molar-refractivity contribution in [3.05, 3.63) is 459 Å². The fourth-order valence-electron chi connectivity index (χ4n) is 13.1. The van der Waals surface area contributed by atoms with Gasteiger partial charge >= 0.3 is 0 Å². The topological polar surface area (TPSA) is 13.0 Å². The Kier molecular flexibility index (Phi) is 23.1. The van der Waals surface area contributed by atoms with Crippen LogP contribution < -0.4 is 19.6 Å². The molecule has 0 radical (unpaired) electrons. The second-order valence-corrected chi connectivity index (χ2v) is 25.6. The van der Waals surface area contributed by atoms with Gasteiger partial charge < -0.3 is 19.6 Å². The van der Waals surface area contributed by atoms with Crippen LogP contribution in [0.1, 0.15) is 22.3 Å². The number of nitrogens with zero attached hydrogens (tertiary/aromatic N) is 4. The molecule has 0 aliphatic heterocycles. The van der Waals surface area contributed by atoms with Gasteiger partial charge in [-0.15, -0.1) is 0 Å². The summed E-state index contributed by atoms with van der Waals surface area (Å²) < 4.78 is 0. The first-order chi connectivity index (χ1) is 51.3. The predicted octanol–water partition coefficient (Wildman–Crippen LogP) is 28.5. The minimum atomic E-state index is 1.15. The molecular weight excluding hydrogens is 1260 g/mol. The van der Waals surface area contributed by atoms with Crippen molar-refractivity contribution in [1.82, 2.24) is 0 Å². The summed E-state index contributed by atoms with van der Waals surface area (Å²) in [5, 5.41) is 0. The van der Waals surface area contributed by atoms with Gasteiger partial charge in [0.25, 0.3) is 0 Å². The molecule has 0 N–H and O–H groups in total. The maximum Gasteiger partial charge on any atom is 0.0542 e. The number of hydrogen-bond donors (Lipinski definition) is 0. The highest BCUT2D eigenvalue weighted by Gasteiger charge is 2.21. The van der Waals surface area contributed by atoms with Crippen molar-refractivity contribution >= 4 is 68.2 Å². The van der Waals surface area contributed by atoms with Crippen molar-refractivity contribution < 1.29 is 0 Å². The highest BCUT2D eigenvalue weighted by atomic mass is 15.2. The summed E-state index contributed by atoms with van der Waals surface area (Å²) in [6, 6.07) is 153. The molecule has 0 heterocycles. The lowest BCUT2D eigenvalue weighted by molar-refractivity contribution is 1.27. The summed E-state index contributed by atoms with van der Waals surface area (Å²) in [5.74, 6) is 0. The first-order valence-electron chi connectivity index (χ1n) is 35.6. The molecule has 0 amide bonds. The monoisotopic (exact) mass is 1340 g/mol. The maximum absolute atomic E-state index is 2.33. The van der Waals surface area contributed by atoms with E-state index >= 15 is 0 Å². The minimum absolute atomic E-state index is 1.15. The first kappa shape index (κ1) is 69.2. The summed E-state index contributed by atoms with van der Waals surface area (Å²) in [7, 11) is 0. The Morgan fingerprint density at radius 3 is 0.740 bits per heavy atom. The number of hydrogen-bond acceptors (Lipinski definition) is 4. The zero-order chi connectivity index (χ0) is 71.1. The average Bonchev–Trinajstić information content (AvgIpc) is 0.807. The van der Waals surface area contributed by atoms with Crippen LogP contribution in [-0.2, 0) is 0 Å².